The first-order chi connectivity index (χ1) is 19.0. The van der Waals surface area contributed by atoms with Crippen molar-refractivity contribution >= 4 is 54.2 Å². The van der Waals surface area contributed by atoms with Gasteiger partial charge in [-0.05, 0) is 117 Å². The molecule has 5 rings (SSSR count). The Morgan fingerprint density at radius 3 is 1.14 bits per heavy atom. The van der Waals surface area contributed by atoms with E-state index in [1.165, 1.54) is 0 Å². The zero-order chi connectivity index (χ0) is 31.9. The zero-order valence-corrected chi connectivity index (χ0v) is 28.7. The zero-order valence-electron chi connectivity index (χ0n) is 27.1. The fourth-order valence-corrected chi connectivity index (χ4v) is 4.16. The van der Waals surface area contributed by atoms with Gasteiger partial charge in [-0.3, -0.25) is 0 Å². The summed E-state index contributed by atoms with van der Waals surface area (Å²) in [6.07, 6.45) is 3.35. The molecule has 3 aliphatic rings. The Morgan fingerprint density at radius 2 is 0.857 bits per heavy atom. The first-order valence-corrected chi connectivity index (χ1v) is 14.9. The molecule has 2 aromatic rings. The van der Waals surface area contributed by atoms with E-state index in [2.05, 4.69) is 25.9 Å². The van der Waals surface area contributed by atoms with E-state index in [0.29, 0.717) is 11.6 Å². The van der Waals surface area contributed by atoms with Crippen LogP contribution in [0.5, 0.6) is 0 Å². The van der Waals surface area contributed by atoms with Gasteiger partial charge in [0.05, 0.1) is 33.6 Å². The quantitative estimate of drug-likeness (QED) is 0.445. The molecule has 3 aliphatic heterocycles. The predicted octanol–water partition coefficient (Wildman–Crippen LogP) is 4.64. The van der Waals surface area contributed by atoms with E-state index in [-0.39, 0.29) is 40.7 Å². The van der Waals surface area contributed by atoms with Crippen LogP contribution in [0.1, 0.15) is 83.1 Å². The molecule has 0 atom stereocenters. The van der Waals surface area contributed by atoms with Crippen LogP contribution in [-0.4, -0.2) is 64.7 Å². The molecule has 42 heavy (non-hydrogen) atoms. The Kier molecular flexibility index (Phi) is 9.97. The smallest absolute Gasteiger partial charge is 0.405 e. The number of pyridine rings is 2. The molecule has 0 aliphatic carbocycles. The molecule has 3 saturated heterocycles. The maximum atomic E-state index is 5.96. The second-order valence-corrected chi connectivity index (χ2v) is 14.7. The van der Waals surface area contributed by atoms with Crippen LogP contribution in [0.25, 0.3) is 0 Å². The van der Waals surface area contributed by atoms with Gasteiger partial charge in [0, 0.05) is 22.3 Å². The molecule has 0 amide bonds. The maximum Gasteiger partial charge on any atom is 0.496 e. The minimum atomic E-state index is -0.476. The Labute approximate surface area is 260 Å². The molecule has 0 unspecified atom stereocenters. The lowest BCUT2D eigenvalue weighted by Crippen LogP contribution is -2.41. The monoisotopic (exact) mass is 646 g/mol. The summed E-state index contributed by atoms with van der Waals surface area (Å²) in [6.45, 7) is 24.3. The number of aromatic nitrogens is 2. The van der Waals surface area contributed by atoms with Gasteiger partial charge in [-0.25, -0.2) is 9.97 Å². The molecule has 2 aromatic heterocycles. The molecule has 5 heterocycles. The summed E-state index contributed by atoms with van der Waals surface area (Å²) in [5.41, 5.74) is 9.65. The van der Waals surface area contributed by atoms with E-state index in [1.807, 2.05) is 95.2 Å². The van der Waals surface area contributed by atoms with Crippen molar-refractivity contribution in [3.05, 3.63) is 41.1 Å². The van der Waals surface area contributed by atoms with Crippen molar-refractivity contribution in [2.45, 2.75) is 117 Å². The number of halogens is 1. The van der Waals surface area contributed by atoms with Gasteiger partial charge in [0.15, 0.2) is 0 Å². The molecular weight excluding hydrogens is 601 g/mol. The third-order valence-corrected chi connectivity index (χ3v) is 9.32. The summed E-state index contributed by atoms with van der Waals surface area (Å²) >= 11 is 3.23. The van der Waals surface area contributed by atoms with E-state index in [4.69, 9.17) is 39.4 Å². The lowest BCUT2D eigenvalue weighted by Gasteiger charge is -2.32. The Balaban J connectivity index is 0.000000185. The second-order valence-electron chi connectivity index (χ2n) is 13.8. The molecule has 0 aromatic carbocycles. The topological polar surface area (TPSA) is 133 Å². The molecule has 14 heteroatoms. The fourth-order valence-electron chi connectivity index (χ4n) is 3.92. The number of rotatable bonds is 2. The van der Waals surface area contributed by atoms with E-state index < -0.39 is 14.0 Å². The number of nitrogen functional groups attached to an aromatic ring is 2. The summed E-state index contributed by atoms with van der Waals surface area (Å²) in [4.78, 5) is 7.85. The average molecular weight is 647 g/mol. The van der Waals surface area contributed by atoms with Crippen molar-refractivity contribution in [1.82, 2.24) is 9.97 Å². The number of nitrogens with two attached hydrogens (primary N) is 2. The van der Waals surface area contributed by atoms with Gasteiger partial charge in [0.1, 0.15) is 11.6 Å². The average Bonchev–Trinajstić information content (AvgIpc) is 3.31. The van der Waals surface area contributed by atoms with Gasteiger partial charge in [0.25, 0.3) is 0 Å². The van der Waals surface area contributed by atoms with Crippen molar-refractivity contribution < 1.29 is 27.9 Å². The fraction of sp³-hybridized carbons (Fsp3) is 0.643. The molecule has 0 saturated carbocycles. The molecule has 3 fully saturated rings. The van der Waals surface area contributed by atoms with Crippen molar-refractivity contribution in [1.29, 1.82) is 0 Å². The van der Waals surface area contributed by atoms with Crippen LogP contribution in [0.3, 0.4) is 0 Å². The molecule has 0 bridgehead atoms. The highest BCUT2D eigenvalue weighted by atomic mass is 79.9. The second kappa shape index (κ2) is 12.0. The predicted molar refractivity (Wildman–Crippen MR) is 173 cm³/mol. The van der Waals surface area contributed by atoms with Gasteiger partial charge in [0.2, 0.25) is 0 Å². The summed E-state index contributed by atoms with van der Waals surface area (Å²) in [6, 6.07) is 7.22. The molecule has 4 N–H and O–H groups in total. The van der Waals surface area contributed by atoms with Crippen molar-refractivity contribution in [3.8, 4) is 0 Å². The molecule has 0 spiro atoms. The molecular formula is C28H46B3BrN4O6. The Bertz CT molecular complexity index is 1110. The van der Waals surface area contributed by atoms with Crippen LogP contribution >= 0.6 is 15.9 Å². The Hall–Kier alpha value is -1.67. The largest absolute Gasteiger partial charge is 0.496 e. The van der Waals surface area contributed by atoms with Gasteiger partial charge >= 0.3 is 21.1 Å². The van der Waals surface area contributed by atoms with Crippen LogP contribution in [0.2, 0.25) is 0 Å². The van der Waals surface area contributed by atoms with Crippen LogP contribution in [0.4, 0.5) is 11.6 Å². The van der Waals surface area contributed by atoms with Gasteiger partial charge in [-0.2, -0.15) is 0 Å². The number of hydrogen-bond donors (Lipinski definition) is 2. The van der Waals surface area contributed by atoms with Crippen LogP contribution < -0.4 is 16.9 Å². The number of anilines is 2. The third-order valence-electron chi connectivity index (χ3n) is 8.85. The third kappa shape index (κ3) is 7.69. The van der Waals surface area contributed by atoms with Crippen LogP contribution in [0, 0.1) is 0 Å². The normalized spacial score (nSPS) is 24.0. The highest BCUT2D eigenvalue weighted by molar-refractivity contribution is 9.10. The van der Waals surface area contributed by atoms with Crippen LogP contribution in [-0.2, 0) is 27.9 Å². The number of hydrogen-bond acceptors (Lipinski definition) is 10. The number of nitrogens with zero attached hydrogens (tertiary/aromatic N) is 2. The Morgan fingerprint density at radius 1 is 0.524 bits per heavy atom. The lowest BCUT2D eigenvalue weighted by atomic mass is 9.49. The highest BCUT2D eigenvalue weighted by Gasteiger charge is 2.63. The van der Waals surface area contributed by atoms with Crippen molar-refractivity contribution in [2.75, 3.05) is 11.5 Å². The summed E-state index contributed by atoms with van der Waals surface area (Å²) in [5, 5.41) is 0. The van der Waals surface area contributed by atoms with Crippen molar-refractivity contribution in [2.24, 2.45) is 0 Å². The molecule has 230 valence electrons. The summed E-state index contributed by atoms with van der Waals surface area (Å²) in [5.74, 6) is 1.05. The van der Waals surface area contributed by atoms with E-state index >= 15 is 0 Å². The minimum absolute atomic E-state index is 0.320. The van der Waals surface area contributed by atoms with E-state index in [1.54, 1.807) is 24.5 Å². The summed E-state index contributed by atoms with van der Waals surface area (Å²) in [7, 11) is -1.31. The first kappa shape index (κ1) is 34.8. The van der Waals surface area contributed by atoms with E-state index in [0.717, 1.165) is 9.94 Å². The minimum Gasteiger partial charge on any atom is -0.405 e. The van der Waals surface area contributed by atoms with E-state index in [9.17, 15) is 0 Å². The van der Waals surface area contributed by atoms with Gasteiger partial charge < -0.3 is 39.4 Å². The van der Waals surface area contributed by atoms with Crippen LogP contribution in [0.15, 0.2) is 41.1 Å². The lowest BCUT2D eigenvalue weighted by molar-refractivity contribution is 0.00578. The standard InChI is InChI=1S/C12H24B2O4.C11H17BN2O2.C5H5BrN2/c1-9(2)10(3,4)16-13(15-9)14-17-11(5,6)12(7,8)18-14;1-10(2)11(3,4)16-12(15-10)8-5-6-9(13)14-7-8;6-4-1-2-5(7)8-3-4/h1-8H3;5-7H,1-4H3,(H2,13,14);1-3H,(H2,7,8). The van der Waals surface area contributed by atoms with Crippen molar-refractivity contribution in [3.63, 3.8) is 0 Å². The van der Waals surface area contributed by atoms with Gasteiger partial charge in [-0.1, -0.05) is 6.07 Å². The molecule has 0 radical (unpaired) electrons. The molecule has 10 nitrogen and oxygen atoms in total. The SMILES string of the molecule is CC1(C)OB(B2OC(C)(C)C(C)(C)O2)OC1(C)C.CC1(C)OB(c2ccc(N)nc2)OC1(C)C.Nc1ccc(Br)cn1. The maximum absolute atomic E-state index is 5.96. The first-order valence-electron chi connectivity index (χ1n) is 14.1. The highest BCUT2D eigenvalue weighted by Crippen LogP contribution is 2.43. The summed E-state index contributed by atoms with van der Waals surface area (Å²) < 4.78 is 36.6. The van der Waals surface area contributed by atoms with Gasteiger partial charge in [-0.15, -0.1) is 0 Å².